The number of hydrogen-bond donors (Lipinski definition) is 2. The Balaban J connectivity index is 2.61. The average Bonchev–Trinajstić information content (AvgIpc) is 2.82. The molecule has 120 valence electrons. The first-order valence-electron chi connectivity index (χ1n) is 7.26. The molecule has 0 saturated carbocycles. The van der Waals surface area contributed by atoms with Crippen molar-refractivity contribution in [3.63, 3.8) is 0 Å². The zero-order valence-electron chi connectivity index (χ0n) is 13.9. The van der Waals surface area contributed by atoms with Crippen LogP contribution in [0.2, 0.25) is 0 Å². The number of amides is 1. The van der Waals surface area contributed by atoms with Crippen LogP contribution in [0.3, 0.4) is 0 Å². The van der Waals surface area contributed by atoms with Gasteiger partial charge in [-0.05, 0) is 25.4 Å². The SMILES string of the molecule is CC(C)C(N)c1nc(C(=O)NCC(C)(C)CN(C)C)co1. The first-order valence-corrected chi connectivity index (χ1v) is 7.26. The van der Waals surface area contributed by atoms with Crippen molar-refractivity contribution in [2.75, 3.05) is 27.2 Å². The summed E-state index contributed by atoms with van der Waals surface area (Å²) in [6.45, 7) is 9.64. The Morgan fingerprint density at radius 3 is 2.62 bits per heavy atom. The second kappa shape index (κ2) is 7.04. The normalized spacial score (nSPS) is 13.8. The van der Waals surface area contributed by atoms with Crippen molar-refractivity contribution < 1.29 is 9.21 Å². The van der Waals surface area contributed by atoms with Gasteiger partial charge in [-0.1, -0.05) is 27.7 Å². The van der Waals surface area contributed by atoms with Gasteiger partial charge in [0.25, 0.3) is 5.91 Å². The highest BCUT2D eigenvalue weighted by Crippen LogP contribution is 2.18. The molecule has 0 aliphatic rings. The third kappa shape index (κ3) is 5.47. The number of nitrogens with zero attached hydrogens (tertiary/aromatic N) is 2. The van der Waals surface area contributed by atoms with Gasteiger partial charge in [-0.25, -0.2) is 4.98 Å². The van der Waals surface area contributed by atoms with Crippen LogP contribution in [0.4, 0.5) is 0 Å². The van der Waals surface area contributed by atoms with Crippen LogP contribution >= 0.6 is 0 Å². The minimum atomic E-state index is -0.295. The monoisotopic (exact) mass is 296 g/mol. The van der Waals surface area contributed by atoms with E-state index in [0.29, 0.717) is 12.4 Å². The second-order valence-corrected chi connectivity index (χ2v) is 6.93. The fourth-order valence-electron chi connectivity index (χ4n) is 2.15. The van der Waals surface area contributed by atoms with Crippen LogP contribution in [-0.4, -0.2) is 43.0 Å². The highest BCUT2D eigenvalue weighted by atomic mass is 16.3. The van der Waals surface area contributed by atoms with Crippen LogP contribution in [-0.2, 0) is 0 Å². The number of nitrogens with one attached hydrogen (secondary N) is 1. The number of aromatic nitrogens is 1. The highest BCUT2D eigenvalue weighted by Gasteiger charge is 2.22. The number of oxazole rings is 1. The van der Waals surface area contributed by atoms with Crippen LogP contribution in [0.15, 0.2) is 10.7 Å². The first-order chi connectivity index (χ1) is 9.62. The predicted octanol–water partition coefficient (Wildman–Crippen LogP) is 1.65. The molecule has 0 bridgehead atoms. The maximum atomic E-state index is 12.1. The molecule has 1 heterocycles. The molecule has 0 aliphatic carbocycles. The molecule has 1 aromatic heterocycles. The standard InChI is InChI=1S/C15H28N4O2/c1-10(2)12(16)14-18-11(7-21-14)13(20)17-8-15(3,4)9-19(5)6/h7,10,12H,8-9,16H2,1-6H3,(H,17,20). The molecule has 1 rings (SSSR count). The second-order valence-electron chi connectivity index (χ2n) is 6.93. The Kier molecular flexibility index (Phi) is 5.92. The fraction of sp³-hybridized carbons (Fsp3) is 0.733. The van der Waals surface area contributed by atoms with Gasteiger partial charge < -0.3 is 20.4 Å². The zero-order chi connectivity index (χ0) is 16.2. The summed E-state index contributed by atoms with van der Waals surface area (Å²) in [7, 11) is 4.03. The fourth-order valence-corrected chi connectivity index (χ4v) is 2.15. The number of nitrogens with two attached hydrogens (primary N) is 1. The van der Waals surface area contributed by atoms with Crippen molar-refractivity contribution in [3.05, 3.63) is 17.8 Å². The summed E-state index contributed by atoms with van der Waals surface area (Å²) in [6, 6.07) is -0.295. The van der Waals surface area contributed by atoms with E-state index >= 15 is 0 Å². The van der Waals surface area contributed by atoms with Gasteiger partial charge in [0.1, 0.15) is 6.26 Å². The summed E-state index contributed by atoms with van der Waals surface area (Å²) in [6.07, 6.45) is 1.37. The number of carbonyl (C=O) groups is 1. The molecule has 1 unspecified atom stereocenters. The van der Waals surface area contributed by atoms with Crippen molar-refractivity contribution in [1.29, 1.82) is 0 Å². The third-order valence-electron chi connectivity index (χ3n) is 3.23. The van der Waals surface area contributed by atoms with Crippen molar-refractivity contribution in [2.24, 2.45) is 17.1 Å². The van der Waals surface area contributed by atoms with Gasteiger partial charge in [0, 0.05) is 13.1 Å². The lowest BCUT2D eigenvalue weighted by molar-refractivity contribution is 0.0924. The summed E-state index contributed by atoms with van der Waals surface area (Å²) in [4.78, 5) is 18.4. The lowest BCUT2D eigenvalue weighted by atomic mass is 9.93. The number of rotatable bonds is 7. The van der Waals surface area contributed by atoms with Crippen molar-refractivity contribution in [2.45, 2.75) is 33.7 Å². The van der Waals surface area contributed by atoms with Crippen molar-refractivity contribution >= 4 is 5.91 Å². The summed E-state index contributed by atoms with van der Waals surface area (Å²) in [5, 5.41) is 2.90. The molecule has 21 heavy (non-hydrogen) atoms. The maximum Gasteiger partial charge on any atom is 0.273 e. The van der Waals surface area contributed by atoms with Gasteiger partial charge >= 0.3 is 0 Å². The quantitative estimate of drug-likeness (QED) is 0.799. The van der Waals surface area contributed by atoms with Gasteiger partial charge in [-0.3, -0.25) is 4.79 Å². The van der Waals surface area contributed by atoms with E-state index in [9.17, 15) is 4.79 Å². The average molecular weight is 296 g/mol. The maximum absolute atomic E-state index is 12.1. The molecule has 1 amide bonds. The Hall–Kier alpha value is -1.40. The lowest BCUT2D eigenvalue weighted by Crippen LogP contribution is -2.40. The molecule has 1 aromatic rings. The topological polar surface area (TPSA) is 84.4 Å². The molecule has 0 aliphatic heterocycles. The molecule has 0 saturated heterocycles. The highest BCUT2D eigenvalue weighted by molar-refractivity contribution is 5.91. The van der Waals surface area contributed by atoms with Crippen LogP contribution in [0.25, 0.3) is 0 Å². The molecule has 1 atom stereocenters. The van der Waals surface area contributed by atoms with Crippen LogP contribution in [0.1, 0.15) is 50.1 Å². The number of carbonyl (C=O) groups excluding carboxylic acids is 1. The largest absolute Gasteiger partial charge is 0.446 e. The van der Waals surface area contributed by atoms with E-state index in [1.807, 2.05) is 27.9 Å². The summed E-state index contributed by atoms with van der Waals surface area (Å²) in [5.74, 6) is 0.383. The molecular weight excluding hydrogens is 268 g/mol. The van der Waals surface area contributed by atoms with E-state index in [1.165, 1.54) is 6.26 Å². The van der Waals surface area contributed by atoms with E-state index in [1.54, 1.807) is 0 Å². The Morgan fingerprint density at radius 2 is 2.10 bits per heavy atom. The van der Waals surface area contributed by atoms with Crippen molar-refractivity contribution in [1.82, 2.24) is 15.2 Å². The predicted molar refractivity (Wildman–Crippen MR) is 82.9 cm³/mol. The zero-order valence-corrected chi connectivity index (χ0v) is 13.9. The smallest absolute Gasteiger partial charge is 0.273 e. The molecule has 3 N–H and O–H groups in total. The van der Waals surface area contributed by atoms with E-state index in [-0.39, 0.29) is 29.0 Å². The molecule has 0 spiro atoms. The van der Waals surface area contributed by atoms with Gasteiger partial charge in [0.15, 0.2) is 5.69 Å². The summed E-state index contributed by atoms with van der Waals surface area (Å²) < 4.78 is 5.30. The third-order valence-corrected chi connectivity index (χ3v) is 3.23. The minimum absolute atomic E-state index is 0.0138. The lowest BCUT2D eigenvalue weighted by Gasteiger charge is -2.28. The van der Waals surface area contributed by atoms with E-state index in [0.717, 1.165) is 6.54 Å². The van der Waals surface area contributed by atoms with Gasteiger partial charge in [0.2, 0.25) is 5.89 Å². The van der Waals surface area contributed by atoms with Gasteiger partial charge in [-0.2, -0.15) is 0 Å². The van der Waals surface area contributed by atoms with Crippen LogP contribution < -0.4 is 11.1 Å². The van der Waals surface area contributed by atoms with E-state index < -0.39 is 0 Å². The van der Waals surface area contributed by atoms with E-state index in [2.05, 4.69) is 29.0 Å². The van der Waals surface area contributed by atoms with Crippen LogP contribution in [0, 0.1) is 11.3 Å². The molecule has 0 fully saturated rings. The number of hydrogen-bond acceptors (Lipinski definition) is 5. The molecular formula is C15H28N4O2. The summed E-state index contributed by atoms with van der Waals surface area (Å²) in [5.41, 5.74) is 6.22. The Labute approximate surface area is 127 Å². The molecule has 0 radical (unpaired) electrons. The molecule has 6 heteroatoms. The molecule has 6 nitrogen and oxygen atoms in total. The molecule has 0 aromatic carbocycles. The summed E-state index contributed by atoms with van der Waals surface area (Å²) >= 11 is 0. The van der Waals surface area contributed by atoms with E-state index in [4.69, 9.17) is 10.2 Å². The Bertz CT molecular complexity index is 466. The van der Waals surface area contributed by atoms with Crippen LogP contribution in [0.5, 0.6) is 0 Å². The first kappa shape index (κ1) is 17.7. The van der Waals surface area contributed by atoms with Crippen molar-refractivity contribution in [3.8, 4) is 0 Å². The Morgan fingerprint density at radius 1 is 1.48 bits per heavy atom. The van der Waals surface area contributed by atoms with Gasteiger partial charge in [-0.15, -0.1) is 0 Å². The minimum Gasteiger partial charge on any atom is -0.446 e. The van der Waals surface area contributed by atoms with Gasteiger partial charge in [0.05, 0.1) is 6.04 Å².